The number of hydrogen-bond donors (Lipinski definition) is 0. The quantitative estimate of drug-likeness (QED) is 0.808. The normalized spacial score (nSPS) is 10.2. The predicted molar refractivity (Wildman–Crippen MR) is 70.6 cm³/mol. The Bertz CT molecular complexity index is 571. The van der Waals surface area contributed by atoms with Gasteiger partial charge in [-0.15, -0.1) is 0 Å². The van der Waals surface area contributed by atoms with Gasteiger partial charge in [0.05, 0.1) is 10.6 Å². The molecule has 0 aliphatic heterocycles. The average Bonchev–Trinajstić information content (AvgIpc) is 2.38. The third-order valence-corrected chi connectivity index (χ3v) is 2.92. The molecular formula is C14H11ClFNO. The fourth-order valence-corrected chi connectivity index (χ4v) is 1.86. The zero-order valence-electron chi connectivity index (χ0n) is 9.73. The lowest BCUT2D eigenvalue weighted by atomic mass is 10.2. The number of carbonyl (C=O) groups is 1. The molecule has 18 heavy (non-hydrogen) atoms. The molecule has 0 spiro atoms. The summed E-state index contributed by atoms with van der Waals surface area (Å²) in [5.74, 6) is -0.731. The van der Waals surface area contributed by atoms with Crippen LogP contribution in [-0.4, -0.2) is 13.0 Å². The summed E-state index contributed by atoms with van der Waals surface area (Å²) < 4.78 is 12.9. The van der Waals surface area contributed by atoms with Crippen LogP contribution in [0, 0.1) is 5.82 Å². The van der Waals surface area contributed by atoms with Gasteiger partial charge in [-0.25, -0.2) is 4.39 Å². The molecule has 2 rings (SSSR count). The largest absolute Gasteiger partial charge is 0.311 e. The molecule has 2 aromatic carbocycles. The van der Waals surface area contributed by atoms with Crippen LogP contribution in [0.4, 0.5) is 10.1 Å². The lowest BCUT2D eigenvalue weighted by Gasteiger charge is -2.17. The number of para-hydroxylation sites is 1. The van der Waals surface area contributed by atoms with Gasteiger partial charge in [-0.1, -0.05) is 29.8 Å². The van der Waals surface area contributed by atoms with Gasteiger partial charge >= 0.3 is 0 Å². The average molecular weight is 264 g/mol. The van der Waals surface area contributed by atoms with Crippen molar-refractivity contribution in [2.24, 2.45) is 0 Å². The molecule has 0 fully saturated rings. The van der Waals surface area contributed by atoms with Crippen LogP contribution >= 0.6 is 11.6 Å². The number of rotatable bonds is 2. The predicted octanol–water partition coefficient (Wildman–Crippen LogP) is 3.76. The van der Waals surface area contributed by atoms with Crippen LogP contribution in [0.1, 0.15) is 10.4 Å². The number of amides is 1. The van der Waals surface area contributed by atoms with E-state index >= 15 is 0 Å². The molecule has 0 atom stereocenters. The third kappa shape index (κ3) is 2.51. The molecule has 2 nitrogen and oxygen atoms in total. The van der Waals surface area contributed by atoms with Crippen LogP contribution in [0.2, 0.25) is 5.02 Å². The minimum Gasteiger partial charge on any atom is -0.311 e. The van der Waals surface area contributed by atoms with Gasteiger partial charge in [0.2, 0.25) is 0 Å². The molecular weight excluding hydrogens is 253 g/mol. The number of nitrogens with zero attached hydrogens (tertiary/aromatic N) is 1. The van der Waals surface area contributed by atoms with Gasteiger partial charge < -0.3 is 4.90 Å². The first-order valence-corrected chi connectivity index (χ1v) is 5.75. The van der Waals surface area contributed by atoms with E-state index in [2.05, 4.69) is 0 Å². The standard InChI is InChI=1S/C14H11ClFNO/c1-17(11-5-3-2-4-6-11)14(18)12-8-7-10(16)9-13(12)15/h2-9H,1H3. The minimum atomic E-state index is -0.459. The Morgan fingerprint density at radius 2 is 1.83 bits per heavy atom. The smallest absolute Gasteiger partial charge is 0.259 e. The summed E-state index contributed by atoms with van der Waals surface area (Å²) in [4.78, 5) is 13.7. The first kappa shape index (κ1) is 12.6. The zero-order valence-corrected chi connectivity index (χ0v) is 10.5. The van der Waals surface area contributed by atoms with E-state index in [-0.39, 0.29) is 16.5 Å². The summed E-state index contributed by atoms with van der Waals surface area (Å²) in [6.45, 7) is 0. The maximum Gasteiger partial charge on any atom is 0.259 e. The Kier molecular flexibility index (Phi) is 3.63. The fraction of sp³-hybridized carbons (Fsp3) is 0.0714. The van der Waals surface area contributed by atoms with Crippen LogP contribution < -0.4 is 4.90 Å². The minimum absolute atomic E-state index is 0.114. The van der Waals surface area contributed by atoms with Crippen LogP contribution in [0.3, 0.4) is 0 Å². The molecule has 2 aromatic rings. The Labute approximate surface area is 110 Å². The highest BCUT2D eigenvalue weighted by Gasteiger charge is 2.16. The van der Waals surface area contributed by atoms with E-state index in [0.29, 0.717) is 0 Å². The molecule has 4 heteroatoms. The molecule has 0 aliphatic rings. The van der Waals surface area contributed by atoms with Gasteiger partial charge in [-0.05, 0) is 30.3 Å². The van der Waals surface area contributed by atoms with Gasteiger partial charge in [-0.3, -0.25) is 4.79 Å². The monoisotopic (exact) mass is 263 g/mol. The van der Waals surface area contributed by atoms with Crippen molar-refractivity contribution in [3.63, 3.8) is 0 Å². The van der Waals surface area contributed by atoms with Crippen molar-refractivity contribution >= 4 is 23.2 Å². The topological polar surface area (TPSA) is 20.3 Å². The van der Waals surface area contributed by atoms with Crippen LogP contribution in [-0.2, 0) is 0 Å². The van der Waals surface area contributed by atoms with E-state index in [1.807, 2.05) is 30.3 Å². The SMILES string of the molecule is CN(C(=O)c1ccc(F)cc1Cl)c1ccccc1. The van der Waals surface area contributed by atoms with E-state index in [1.165, 1.54) is 17.0 Å². The van der Waals surface area contributed by atoms with Gasteiger partial charge in [0.25, 0.3) is 5.91 Å². The molecule has 0 saturated heterocycles. The number of benzene rings is 2. The molecule has 0 unspecified atom stereocenters. The third-order valence-electron chi connectivity index (χ3n) is 2.61. The number of hydrogen-bond acceptors (Lipinski definition) is 1. The second kappa shape index (κ2) is 5.19. The summed E-state index contributed by atoms with van der Waals surface area (Å²) >= 11 is 5.87. The maximum absolute atomic E-state index is 12.9. The van der Waals surface area contributed by atoms with Crippen molar-refractivity contribution in [1.29, 1.82) is 0 Å². The first-order valence-electron chi connectivity index (χ1n) is 5.38. The number of halogens is 2. The molecule has 0 heterocycles. The van der Waals surface area contributed by atoms with E-state index in [1.54, 1.807) is 7.05 Å². The van der Waals surface area contributed by atoms with Crippen molar-refractivity contribution < 1.29 is 9.18 Å². The summed E-state index contributed by atoms with van der Waals surface area (Å²) in [6.07, 6.45) is 0. The van der Waals surface area contributed by atoms with Crippen LogP contribution in [0.25, 0.3) is 0 Å². The summed E-state index contributed by atoms with van der Waals surface area (Å²) in [6, 6.07) is 12.9. The van der Waals surface area contributed by atoms with E-state index in [0.717, 1.165) is 11.8 Å². The van der Waals surface area contributed by atoms with E-state index in [9.17, 15) is 9.18 Å². The fourth-order valence-electron chi connectivity index (χ4n) is 1.61. The highest BCUT2D eigenvalue weighted by atomic mass is 35.5. The molecule has 92 valence electrons. The Hall–Kier alpha value is -1.87. The molecule has 0 bridgehead atoms. The van der Waals surface area contributed by atoms with Gasteiger partial charge in [-0.2, -0.15) is 0 Å². The summed E-state index contributed by atoms with van der Waals surface area (Å²) in [5, 5.41) is 0.114. The van der Waals surface area contributed by atoms with E-state index < -0.39 is 5.82 Å². The zero-order chi connectivity index (χ0) is 13.1. The first-order chi connectivity index (χ1) is 8.59. The molecule has 1 amide bonds. The summed E-state index contributed by atoms with van der Waals surface area (Å²) in [7, 11) is 1.65. The molecule has 0 radical (unpaired) electrons. The second-order valence-corrected chi connectivity index (χ2v) is 4.23. The van der Waals surface area contributed by atoms with Crippen molar-refractivity contribution in [2.45, 2.75) is 0 Å². The lowest BCUT2D eigenvalue weighted by Crippen LogP contribution is -2.26. The van der Waals surface area contributed by atoms with Crippen LogP contribution in [0.15, 0.2) is 48.5 Å². The Morgan fingerprint density at radius 3 is 2.44 bits per heavy atom. The van der Waals surface area contributed by atoms with Crippen molar-refractivity contribution in [1.82, 2.24) is 0 Å². The van der Waals surface area contributed by atoms with Crippen molar-refractivity contribution in [3.8, 4) is 0 Å². The Balaban J connectivity index is 2.32. The molecule has 0 aromatic heterocycles. The second-order valence-electron chi connectivity index (χ2n) is 3.82. The summed E-state index contributed by atoms with van der Waals surface area (Å²) in [5.41, 5.74) is 1.03. The Morgan fingerprint density at radius 1 is 1.17 bits per heavy atom. The molecule has 0 saturated carbocycles. The van der Waals surface area contributed by atoms with Gasteiger partial charge in [0.15, 0.2) is 0 Å². The highest BCUT2D eigenvalue weighted by molar-refractivity contribution is 6.34. The molecule has 0 aliphatic carbocycles. The van der Waals surface area contributed by atoms with Gasteiger partial charge in [0.1, 0.15) is 5.82 Å². The highest BCUT2D eigenvalue weighted by Crippen LogP contribution is 2.21. The van der Waals surface area contributed by atoms with E-state index in [4.69, 9.17) is 11.6 Å². The number of anilines is 1. The lowest BCUT2D eigenvalue weighted by molar-refractivity contribution is 0.0993. The van der Waals surface area contributed by atoms with Crippen LogP contribution in [0.5, 0.6) is 0 Å². The molecule has 0 N–H and O–H groups in total. The van der Waals surface area contributed by atoms with Gasteiger partial charge in [0, 0.05) is 12.7 Å². The maximum atomic E-state index is 12.9. The number of carbonyl (C=O) groups excluding carboxylic acids is 1. The van der Waals surface area contributed by atoms with Crippen molar-refractivity contribution in [3.05, 3.63) is 64.9 Å². The van der Waals surface area contributed by atoms with Crippen molar-refractivity contribution in [2.75, 3.05) is 11.9 Å².